The Hall–Kier alpha value is -1.73. The molecule has 2 aliphatic rings. The third-order valence-corrected chi connectivity index (χ3v) is 5.15. The summed E-state index contributed by atoms with van der Waals surface area (Å²) < 4.78 is 10.7. The van der Waals surface area contributed by atoms with Crippen molar-refractivity contribution in [1.82, 2.24) is 10.1 Å². The first-order valence-electron chi connectivity index (χ1n) is 7.58. The zero-order valence-electron chi connectivity index (χ0n) is 12.2. The summed E-state index contributed by atoms with van der Waals surface area (Å²) in [4.78, 5) is 19.9. The summed E-state index contributed by atoms with van der Waals surface area (Å²) in [6.07, 6.45) is 3.36. The molecule has 0 N–H and O–H groups in total. The Kier molecular flexibility index (Phi) is 3.67. The van der Waals surface area contributed by atoms with Crippen LogP contribution in [0.3, 0.4) is 0 Å². The van der Waals surface area contributed by atoms with Gasteiger partial charge in [-0.3, -0.25) is 4.79 Å². The summed E-state index contributed by atoms with van der Waals surface area (Å²) in [5.41, 5.74) is 0.997. The molecule has 4 heterocycles. The Bertz CT molecular complexity index is 675. The molecule has 0 radical (unpaired) electrons. The minimum Gasteiger partial charge on any atom is -0.381 e. The molecule has 22 heavy (non-hydrogen) atoms. The quantitative estimate of drug-likeness (QED) is 0.869. The van der Waals surface area contributed by atoms with Crippen molar-refractivity contribution < 1.29 is 14.1 Å². The molecule has 0 saturated carbocycles. The fourth-order valence-electron chi connectivity index (χ4n) is 2.98. The van der Waals surface area contributed by atoms with Crippen LogP contribution in [-0.2, 0) is 22.5 Å². The van der Waals surface area contributed by atoms with Crippen molar-refractivity contribution in [2.45, 2.75) is 38.1 Å². The summed E-state index contributed by atoms with van der Waals surface area (Å²) in [5.74, 6) is 1.53. The molecule has 1 amide bonds. The molecule has 1 saturated heterocycles. The van der Waals surface area contributed by atoms with Gasteiger partial charge in [0.15, 0.2) is 5.82 Å². The summed E-state index contributed by atoms with van der Waals surface area (Å²) in [6, 6.07) is 2.01. The van der Waals surface area contributed by atoms with E-state index in [4.69, 9.17) is 9.26 Å². The fourth-order valence-corrected chi connectivity index (χ4v) is 3.90. The van der Waals surface area contributed by atoms with Crippen LogP contribution in [0.2, 0.25) is 0 Å². The van der Waals surface area contributed by atoms with Gasteiger partial charge in [0.05, 0.1) is 12.3 Å². The van der Waals surface area contributed by atoms with E-state index >= 15 is 0 Å². The lowest BCUT2D eigenvalue weighted by Crippen LogP contribution is -2.29. The summed E-state index contributed by atoms with van der Waals surface area (Å²) in [5, 5.41) is 6.09. The number of ether oxygens (including phenoxy) is 1. The minimum absolute atomic E-state index is 0.126. The van der Waals surface area contributed by atoms with Crippen LogP contribution in [0.1, 0.15) is 41.8 Å². The summed E-state index contributed by atoms with van der Waals surface area (Å²) >= 11 is 1.70. The lowest BCUT2D eigenvalue weighted by atomic mass is 10.1. The zero-order valence-corrected chi connectivity index (χ0v) is 13.0. The molecular weight excluding hydrogens is 302 g/mol. The van der Waals surface area contributed by atoms with E-state index in [1.807, 2.05) is 11.4 Å². The zero-order chi connectivity index (χ0) is 14.9. The van der Waals surface area contributed by atoms with Crippen molar-refractivity contribution in [2.75, 3.05) is 18.1 Å². The molecule has 0 aromatic carbocycles. The third kappa shape index (κ3) is 2.55. The first kappa shape index (κ1) is 13.9. The van der Waals surface area contributed by atoms with Crippen LogP contribution < -0.4 is 4.90 Å². The maximum absolute atomic E-state index is 12.4. The Morgan fingerprint density at radius 3 is 3.23 bits per heavy atom. The van der Waals surface area contributed by atoms with Gasteiger partial charge in [-0.1, -0.05) is 5.16 Å². The predicted molar refractivity (Wildman–Crippen MR) is 80.9 cm³/mol. The molecule has 1 fully saturated rings. The third-order valence-electron chi connectivity index (χ3n) is 4.18. The second-order valence-electron chi connectivity index (χ2n) is 5.67. The Labute approximate surface area is 132 Å². The Balaban J connectivity index is 1.56. The lowest BCUT2D eigenvalue weighted by Gasteiger charge is -2.18. The van der Waals surface area contributed by atoms with Gasteiger partial charge < -0.3 is 14.2 Å². The van der Waals surface area contributed by atoms with E-state index < -0.39 is 0 Å². The highest BCUT2D eigenvalue weighted by molar-refractivity contribution is 7.10. The fraction of sp³-hybridized carbons (Fsp3) is 0.533. The van der Waals surface area contributed by atoms with Gasteiger partial charge in [0.25, 0.3) is 0 Å². The maximum atomic E-state index is 12.4. The molecule has 6 nitrogen and oxygen atoms in total. The number of anilines is 1. The number of hydrogen-bond acceptors (Lipinski definition) is 6. The van der Waals surface area contributed by atoms with E-state index in [9.17, 15) is 4.79 Å². The van der Waals surface area contributed by atoms with Crippen molar-refractivity contribution in [2.24, 2.45) is 0 Å². The average molecular weight is 319 g/mol. The molecule has 0 unspecified atom stereocenters. The molecule has 1 atom stereocenters. The van der Waals surface area contributed by atoms with Gasteiger partial charge in [0.2, 0.25) is 11.8 Å². The van der Waals surface area contributed by atoms with Gasteiger partial charge in [-0.25, -0.2) is 0 Å². The number of rotatable bonds is 3. The first-order valence-corrected chi connectivity index (χ1v) is 8.46. The molecule has 0 aliphatic carbocycles. The first-order chi connectivity index (χ1) is 10.8. The van der Waals surface area contributed by atoms with E-state index in [-0.39, 0.29) is 11.8 Å². The van der Waals surface area contributed by atoms with Gasteiger partial charge in [0, 0.05) is 23.8 Å². The highest BCUT2D eigenvalue weighted by Crippen LogP contribution is 2.32. The molecule has 4 rings (SSSR count). The van der Waals surface area contributed by atoms with E-state index in [0.717, 1.165) is 31.6 Å². The van der Waals surface area contributed by atoms with Gasteiger partial charge in [-0.05, 0) is 30.7 Å². The Morgan fingerprint density at radius 2 is 2.36 bits per heavy atom. The molecular formula is C15H17N3O3S. The van der Waals surface area contributed by atoms with Crippen LogP contribution in [0.25, 0.3) is 0 Å². The van der Waals surface area contributed by atoms with E-state index in [2.05, 4.69) is 10.1 Å². The largest absolute Gasteiger partial charge is 0.381 e. The van der Waals surface area contributed by atoms with Crippen LogP contribution in [0, 0.1) is 0 Å². The molecule has 116 valence electrons. The summed E-state index contributed by atoms with van der Waals surface area (Å²) in [6.45, 7) is 1.75. The predicted octanol–water partition coefficient (Wildman–Crippen LogP) is 2.50. The van der Waals surface area contributed by atoms with Gasteiger partial charge in [0.1, 0.15) is 6.54 Å². The number of hydrogen-bond donors (Lipinski definition) is 0. The number of aromatic nitrogens is 2. The van der Waals surface area contributed by atoms with Crippen molar-refractivity contribution >= 4 is 22.9 Å². The van der Waals surface area contributed by atoms with Crippen LogP contribution in [0.5, 0.6) is 0 Å². The summed E-state index contributed by atoms with van der Waals surface area (Å²) in [7, 11) is 0. The van der Waals surface area contributed by atoms with Crippen LogP contribution in [-0.4, -0.2) is 29.3 Å². The average Bonchev–Trinajstić information content (AvgIpc) is 3.24. The number of nitrogens with zero attached hydrogens (tertiary/aromatic N) is 3. The molecule has 0 spiro atoms. The van der Waals surface area contributed by atoms with Crippen molar-refractivity contribution in [3.8, 4) is 0 Å². The molecule has 2 aromatic heterocycles. The van der Waals surface area contributed by atoms with Crippen molar-refractivity contribution in [3.05, 3.63) is 28.0 Å². The molecule has 2 aromatic rings. The van der Waals surface area contributed by atoms with E-state index in [1.54, 1.807) is 16.2 Å². The normalized spacial score (nSPS) is 21.9. The van der Waals surface area contributed by atoms with Crippen molar-refractivity contribution in [1.29, 1.82) is 0 Å². The number of carbonyl (C=O) groups excluding carboxylic acids is 1. The number of carbonyl (C=O) groups is 1. The van der Waals surface area contributed by atoms with E-state index in [0.29, 0.717) is 31.3 Å². The van der Waals surface area contributed by atoms with Crippen molar-refractivity contribution in [3.63, 3.8) is 0 Å². The molecule has 7 heteroatoms. The molecule has 0 bridgehead atoms. The number of thiophene rings is 1. The lowest BCUT2D eigenvalue weighted by molar-refractivity contribution is -0.118. The monoisotopic (exact) mass is 319 g/mol. The van der Waals surface area contributed by atoms with Gasteiger partial charge in [-0.2, -0.15) is 4.98 Å². The highest BCUT2D eigenvalue weighted by Gasteiger charge is 2.27. The van der Waals surface area contributed by atoms with Crippen LogP contribution in [0.4, 0.5) is 5.69 Å². The second kappa shape index (κ2) is 5.81. The SMILES string of the molecule is O=C1CCCc2sccc2N1Cc1nc([C@@H]2CCOC2)no1. The van der Waals surface area contributed by atoms with Crippen LogP contribution >= 0.6 is 11.3 Å². The Morgan fingerprint density at radius 1 is 1.41 bits per heavy atom. The van der Waals surface area contributed by atoms with Gasteiger partial charge in [-0.15, -0.1) is 11.3 Å². The highest BCUT2D eigenvalue weighted by atomic mass is 32.1. The maximum Gasteiger partial charge on any atom is 0.246 e. The number of fused-ring (bicyclic) bond motifs is 1. The smallest absolute Gasteiger partial charge is 0.246 e. The van der Waals surface area contributed by atoms with E-state index in [1.165, 1.54) is 4.88 Å². The second-order valence-corrected chi connectivity index (χ2v) is 6.67. The van der Waals surface area contributed by atoms with Crippen LogP contribution in [0.15, 0.2) is 16.0 Å². The van der Waals surface area contributed by atoms with Gasteiger partial charge >= 0.3 is 0 Å². The minimum atomic E-state index is 0.126. The number of aryl methyl sites for hydroxylation is 1. The number of amides is 1. The molecule has 2 aliphatic heterocycles. The standard InChI is InChI=1S/C15H17N3O3S/c19-14-3-1-2-12-11(5-7-22-12)18(14)8-13-16-15(17-21-13)10-4-6-20-9-10/h5,7,10H,1-4,6,8-9H2/t10-/m1/s1. The topological polar surface area (TPSA) is 68.5 Å².